The summed E-state index contributed by atoms with van der Waals surface area (Å²) in [4.78, 5) is 18.2. The van der Waals surface area contributed by atoms with E-state index in [9.17, 15) is 4.79 Å². The molecule has 0 aliphatic rings. The minimum Gasteiger partial charge on any atom is -0.493 e. The summed E-state index contributed by atoms with van der Waals surface area (Å²) >= 11 is 0. The van der Waals surface area contributed by atoms with Gasteiger partial charge in [0.05, 0.1) is 38.1 Å². The predicted octanol–water partition coefficient (Wildman–Crippen LogP) is 7.08. The van der Waals surface area contributed by atoms with E-state index < -0.39 is 5.97 Å². The van der Waals surface area contributed by atoms with E-state index in [1.807, 2.05) is 78.9 Å². The average Bonchev–Trinajstić information content (AvgIpc) is 2.99. The second kappa shape index (κ2) is 11.6. The normalized spacial score (nSPS) is 10.6. The summed E-state index contributed by atoms with van der Waals surface area (Å²) in [6, 6.07) is 29.7. The molecule has 0 spiro atoms. The molecule has 196 valence electrons. The van der Waals surface area contributed by atoms with Crippen LogP contribution in [0.15, 0.2) is 97.1 Å². The smallest absolute Gasteiger partial charge is 0.339 e. The van der Waals surface area contributed by atoms with Crippen LogP contribution in [0.5, 0.6) is 28.7 Å². The van der Waals surface area contributed by atoms with Crippen molar-refractivity contribution < 1.29 is 28.5 Å². The molecule has 5 rings (SSSR count). The summed E-state index contributed by atoms with van der Waals surface area (Å²) in [5.41, 5.74) is 3.14. The third-order valence-electron chi connectivity index (χ3n) is 6.14. The molecule has 0 unspecified atom stereocenters. The predicted molar refractivity (Wildman–Crippen MR) is 149 cm³/mol. The summed E-state index contributed by atoms with van der Waals surface area (Å²) in [5, 5.41) is 0.694. The molecule has 0 atom stereocenters. The highest BCUT2D eigenvalue weighted by atomic mass is 16.5. The Kier molecular flexibility index (Phi) is 7.59. The van der Waals surface area contributed by atoms with Gasteiger partial charge in [0.1, 0.15) is 18.1 Å². The molecular formula is C32H27NO6. The fraction of sp³-hybridized carbons (Fsp3) is 0.125. The van der Waals surface area contributed by atoms with E-state index in [2.05, 4.69) is 0 Å². The van der Waals surface area contributed by atoms with Gasteiger partial charge in [-0.1, -0.05) is 48.5 Å². The van der Waals surface area contributed by atoms with Gasteiger partial charge < -0.3 is 23.7 Å². The number of benzene rings is 4. The number of fused-ring (bicyclic) bond motifs is 1. The van der Waals surface area contributed by atoms with Crippen LogP contribution in [-0.4, -0.2) is 32.3 Å². The molecule has 0 N–H and O–H groups in total. The molecule has 1 heterocycles. The Morgan fingerprint density at radius 2 is 1.41 bits per heavy atom. The first-order chi connectivity index (χ1) is 19.1. The van der Waals surface area contributed by atoms with Crippen LogP contribution in [0.4, 0.5) is 0 Å². The number of esters is 1. The van der Waals surface area contributed by atoms with Crippen LogP contribution >= 0.6 is 0 Å². The van der Waals surface area contributed by atoms with Crippen LogP contribution in [0.2, 0.25) is 0 Å². The number of carbonyl (C=O) groups excluding carboxylic acids is 1. The van der Waals surface area contributed by atoms with Crippen molar-refractivity contribution in [3.63, 3.8) is 0 Å². The summed E-state index contributed by atoms with van der Waals surface area (Å²) in [6.45, 7) is 0.0843. The van der Waals surface area contributed by atoms with E-state index in [1.165, 1.54) is 0 Å². The fourth-order valence-electron chi connectivity index (χ4n) is 4.27. The van der Waals surface area contributed by atoms with E-state index in [1.54, 1.807) is 39.5 Å². The van der Waals surface area contributed by atoms with E-state index in [0.717, 1.165) is 11.3 Å². The van der Waals surface area contributed by atoms with Gasteiger partial charge in [0.15, 0.2) is 11.5 Å². The second-order valence-corrected chi connectivity index (χ2v) is 8.62. The number of hydrogen-bond acceptors (Lipinski definition) is 7. The fourth-order valence-corrected chi connectivity index (χ4v) is 4.27. The topological polar surface area (TPSA) is 76.1 Å². The molecule has 1 aromatic heterocycles. The third kappa shape index (κ3) is 5.62. The molecule has 0 bridgehead atoms. The SMILES string of the molecule is COc1cc(-c2cc(C(=O)OCc3cccc(Oc4ccccc4)c3)c3ccccc3n2)cc(OC)c1OC. The molecule has 0 aliphatic heterocycles. The van der Waals surface area contributed by atoms with Crippen LogP contribution in [0.3, 0.4) is 0 Å². The summed E-state index contributed by atoms with van der Waals surface area (Å²) < 4.78 is 28.1. The van der Waals surface area contributed by atoms with Crippen LogP contribution in [-0.2, 0) is 11.3 Å². The second-order valence-electron chi connectivity index (χ2n) is 8.62. The van der Waals surface area contributed by atoms with Gasteiger partial charge >= 0.3 is 5.97 Å². The number of rotatable bonds is 9. The first-order valence-corrected chi connectivity index (χ1v) is 12.3. The summed E-state index contributed by atoms with van der Waals surface area (Å²) in [5.74, 6) is 2.38. The van der Waals surface area contributed by atoms with Crippen LogP contribution in [0, 0.1) is 0 Å². The van der Waals surface area contributed by atoms with Crippen molar-refractivity contribution in [2.24, 2.45) is 0 Å². The number of methoxy groups -OCH3 is 3. The molecule has 39 heavy (non-hydrogen) atoms. The lowest BCUT2D eigenvalue weighted by Crippen LogP contribution is -2.07. The highest BCUT2D eigenvalue weighted by Crippen LogP contribution is 2.41. The van der Waals surface area contributed by atoms with E-state index in [-0.39, 0.29) is 6.61 Å². The minimum absolute atomic E-state index is 0.0843. The lowest BCUT2D eigenvalue weighted by Gasteiger charge is -2.15. The van der Waals surface area contributed by atoms with Crippen LogP contribution in [0.1, 0.15) is 15.9 Å². The first-order valence-electron chi connectivity index (χ1n) is 12.3. The van der Waals surface area contributed by atoms with Gasteiger partial charge in [0.25, 0.3) is 0 Å². The number of aromatic nitrogens is 1. The van der Waals surface area contributed by atoms with Crippen LogP contribution < -0.4 is 18.9 Å². The van der Waals surface area contributed by atoms with Crippen molar-refractivity contribution in [3.8, 4) is 40.0 Å². The monoisotopic (exact) mass is 521 g/mol. The lowest BCUT2D eigenvalue weighted by molar-refractivity contribution is 0.0475. The quantitative estimate of drug-likeness (QED) is 0.192. The van der Waals surface area contributed by atoms with E-state index in [4.69, 9.17) is 28.7 Å². The molecule has 0 radical (unpaired) electrons. The molecule has 5 aromatic rings. The van der Waals surface area contributed by atoms with Crippen molar-refractivity contribution in [2.45, 2.75) is 6.61 Å². The van der Waals surface area contributed by atoms with Crippen molar-refractivity contribution in [1.29, 1.82) is 0 Å². The zero-order chi connectivity index (χ0) is 27.2. The molecule has 7 nitrogen and oxygen atoms in total. The van der Waals surface area contributed by atoms with Crippen molar-refractivity contribution in [1.82, 2.24) is 4.98 Å². The number of pyridine rings is 1. The van der Waals surface area contributed by atoms with Gasteiger partial charge in [-0.15, -0.1) is 0 Å². The number of nitrogens with zero attached hydrogens (tertiary/aromatic N) is 1. The summed E-state index contributed by atoms with van der Waals surface area (Å²) in [7, 11) is 4.65. The first kappa shape index (κ1) is 25.6. The molecule has 7 heteroatoms. The maximum absolute atomic E-state index is 13.4. The maximum atomic E-state index is 13.4. The Morgan fingerprint density at radius 1 is 0.718 bits per heavy atom. The van der Waals surface area contributed by atoms with Crippen molar-refractivity contribution in [2.75, 3.05) is 21.3 Å². The summed E-state index contributed by atoms with van der Waals surface area (Å²) in [6.07, 6.45) is 0. The van der Waals surface area contributed by atoms with Crippen molar-refractivity contribution in [3.05, 3.63) is 108 Å². The molecule has 0 aliphatic carbocycles. The van der Waals surface area contributed by atoms with Gasteiger partial charge in [0, 0.05) is 10.9 Å². The number of ether oxygens (including phenoxy) is 5. The van der Waals surface area contributed by atoms with Gasteiger partial charge in [-0.25, -0.2) is 9.78 Å². The van der Waals surface area contributed by atoms with Gasteiger partial charge in [0.2, 0.25) is 5.75 Å². The van der Waals surface area contributed by atoms with Crippen LogP contribution in [0.25, 0.3) is 22.2 Å². The Hall–Kier alpha value is -5.04. The van der Waals surface area contributed by atoms with E-state index in [0.29, 0.717) is 50.7 Å². The Morgan fingerprint density at radius 3 is 2.13 bits per heavy atom. The molecular weight excluding hydrogens is 494 g/mol. The Bertz CT molecular complexity index is 1590. The molecule has 0 saturated heterocycles. The minimum atomic E-state index is -0.461. The maximum Gasteiger partial charge on any atom is 0.339 e. The zero-order valence-electron chi connectivity index (χ0n) is 21.8. The number of para-hydroxylation sites is 2. The average molecular weight is 522 g/mol. The standard InChI is InChI=1S/C32H27NO6/c1-35-29-17-22(18-30(36-2)31(29)37-3)28-19-26(25-14-7-8-15-27(25)33-28)32(34)38-20-21-10-9-13-24(16-21)39-23-11-5-4-6-12-23/h4-19H,20H2,1-3H3. The number of hydrogen-bond donors (Lipinski definition) is 0. The van der Waals surface area contributed by atoms with Gasteiger partial charge in [-0.2, -0.15) is 0 Å². The molecule has 0 fully saturated rings. The van der Waals surface area contributed by atoms with E-state index >= 15 is 0 Å². The zero-order valence-corrected chi connectivity index (χ0v) is 21.8. The Balaban J connectivity index is 1.44. The molecule has 4 aromatic carbocycles. The third-order valence-corrected chi connectivity index (χ3v) is 6.14. The Labute approximate surface area is 226 Å². The highest BCUT2D eigenvalue weighted by Gasteiger charge is 2.19. The van der Waals surface area contributed by atoms with Crippen molar-refractivity contribution >= 4 is 16.9 Å². The van der Waals surface area contributed by atoms with Gasteiger partial charge in [-0.05, 0) is 54.1 Å². The molecule has 0 amide bonds. The molecule has 0 saturated carbocycles. The largest absolute Gasteiger partial charge is 0.493 e. The van der Waals surface area contributed by atoms with Gasteiger partial charge in [-0.3, -0.25) is 0 Å². The number of carbonyl (C=O) groups is 1. The lowest BCUT2D eigenvalue weighted by atomic mass is 10.0. The highest BCUT2D eigenvalue weighted by molar-refractivity contribution is 6.04.